The number of carbonyl (C=O) groups excluding carboxylic acids is 1. The highest BCUT2D eigenvalue weighted by molar-refractivity contribution is 5.77. The van der Waals surface area contributed by atoms with Crippen molar-refractivity contribution in [1.29, 1.82) is 0 Å². The highest BCUT2D eigenvalue weighted by atomic mass is 16.5. The first-order valence-corrected chi connectivity index (χ1v) is 10.8. The molecule has 0 aromatic heterocycles. The van der Waals surface area contributed by atoms with Crippen molar-refractivity contribution in [2.24, 2.45) is 0 Å². The molecule has 1 amide bonds. The van der Waals surface area contributed by atoms with E-state index in [1.54, 1.807) is 0 Å². The SMILES string of the molecule is Cc1ccc(C(CNC(=O)COc2cc(C)cc(C)c2)N2CCCCCC2)cc1. The van der Waals surface area contributed by atoms with Gasteiger partial charge < -0.3 is 10.1 Å². The quantitative estimate of drug-likeness (QED) is 0.738. The lowest BCUT2D eigenvalue weighted by atomic mass is 10.0. The molecule has 0 radical (unpaired) electrons. The Morgan fingerprint density at radius 1 is 0.931 bits per heavy atom. The third kappa shape index (κ3) is 6.60. The van der Waals surface area contributed by atoms with Crippen LogP contribution in [0.25, 0.3) is 0 Å². The summed E-state index contributed by atoms with van der Waals surface area (Å²) in [6.45, 7) is 9.01. The Hall–Kier alpha value is -2.33. The van der Waals surface area contributed by atoms with Crippen LogP contribution in [0.3, 0.4) is 0 Å². The topological polar surface area (TPSA) is 41.6 Å². The molecule has 1 fully saturated rings. The molecule has 0 bridgehead atoms. The maximum atomic E-state index is 12.5. The lowest BCUT2D eigenvalue weighted by molar-refractivity contribution is -0.123. The van der Waals surface area contributed by atoms with Gasteiger partial charge in [-0.05, 0) is 75.5 Å². The average Bonchev–Trinajstić information content (AvgIpc) is 2.97. The number of benzene rings is 2. The predicted molar refractivity (Wildman–Crippen MR) is 118 cm³/mol. The highest BCUT2D eigenvalue weighted by Gasteiger charge is 2.22. The van der Waals surface area contributed by atoms with Crippen LogP contribution < -0.4 is 10.1 Å². The summed E-state index contributed by atoms with van der Waals surface area (Å²) in [5.74, 6) is 0.677. The molecule has 0 aliphatic carbocycles. The van der Waals surface area contributed by atoms with Gasteiger partial charge in [0.25, 0.3) is 5.91 Å². The molecule has 1 aliphatic heterocycles. The van der Waals surface area contributed by atoms with Crippen LogP contribution >= 0.6 is 0 Å². The molecule has 1 aliphatic rings. The number of rotatable bonds is 7. The van der Waals surface area contributed by atoms with Crippen molar-refractivity contribution < 1.29 is 9.53 Å². The summed E-state index contributed by atoms with van der Waals surface area (Å²) in [4.78, 5) is 15.0. The molecular formula is C25H34N2O2. The van der Waals surface area contributed by atoms with Crippen LogP contribution in [0.15, 0.2) is 42.5 Å². The molecule has 2 aromatic rings. The predicted octanol–water partition coefficient (Wildman–Crippen LogP) is 4.72. The number of hydrogen-bond acceptors (Lipinski definition) is 3. The van der Waals surface area contributed by atoms with Crippen LogP contribution in [-0.4, -0.2) is 37.0 Å². The fraction of sp³-hybridized carbons (Fsp3) is 0.480. The molecule has 1 saturated heterocycles. The van der Waals surface area contributed by atoms with Gasteiger partial charge in [0.15, 0.2) is 6.61 Å². The van der Waals surface area contributed by atoms with Crippen LogP contribution in [0.1, 0.15) is 54.0 Å². The summed E-state index contributed by atoms with van der Waals surface area (Å²) >= 11 is 0. The Balaban J connectivity index is 1.60. The minimum Gasteiger partial charge on any atom is -0.484 e. The van der Waals surface area contributed by atoms with Crippen LogP contribution in [0.5, 0.6) is 5.75 Å². The van der Waals surface area contributed by atoms with Gasteiger partial charge >= 0.3 is 0 Å². The second kappa shape index (κ2) is 10.4. The van der Waals surface area contributed by atoms with Crippen LogP contribution in [-0.2, 0) is 4.79 Å². The van der Waals surface area contributed by atoms with E-state index in [1.165, 1.54) is 36.8 Å². The van der Waals surface area contributed by atoms with Gasteiger partial charge in [0.1, 0.15) is 5.75 Å². The molecule has 1 unspecified atom stereocenters. The molecule has 0 spiro atoms. The number of amides is 1. The van der Waals surface area contributed by atoms with Crippen molar-refractivity contribution >= 4 is 5.91 Å². The van der Waals surface area contributed by atoms with E-state index < -0.39 is 0 Å². The molecular weight excluding hydrogens is 360 g/mol. The lowest BCUT2D eigenvalue weighted by Gasteiger charge is -2.31. The van der Waals surface area contributed by atoms with Gasteiger partial charge in [-0.3, -0.25) is 9.69 Å². The number of aryl methyl sites for hydroxylation is 3. The Bertz CT molecular complexity index is 773. The highest BCUT2D eigenvalue weighted by Crippen LogP contribution is 2.24. The standard InChI is InChI=1S/C25H34N2O2/c1-19-8-10-22(11-9-19)24(27-12-6-4-5-7-13-27)17-26-25(28)18-29-23-15-20(2)14-21(3)16-23/h8-11,14-16,24H,4-7,12-13,17-18H2,1-3H3,(H,26,28). The molecule has 4 nitrogen and oxygen atoms in total. The van der Waals surface area contributed by atoms with Gasteiger partial charge in [0.2, 0.25) is 0 Å². The van der Waals surface area contributed by atoms with E-state index in [4.69, 9.17) is 4.74 Å². The van der Waals surface area contributed by atoms with E-state index in [0.29, 0.717) is 6.54 Å². The van der Waals surface area contributed by atoms with E-state index in [9.17, 15) is 4.79 Å². The van der Waals surface area contributed by atoms with Crippen LogP contribution in [0, 0.1) is 20.8 Å². The van der Waals surface area contributed by atoms with E-state index >= 15 is 0 Å². The third-order valence-electron chi connectivity index (χ3n) is 5.60. The molecule has 3 rings (SSSR count). The molecule has 0 saturated carbocycles. The zero-order valence-electron chi connectivity index (χ0n) is 18.0. The summed E-state index contributed by atoms with van der Waals surface area (Å²) in [5.41, 5.74) is 4.81. The Morgan fingerprint density at radius 2 is 1.55 bits per heavy atom. The molecule has 156 valence electrons. The molecule has 1 atom stereocenters. The number of ether oxygens (including phenoxy) is 1. The molecule has 29 heavy (non-hydrogen) atoms. The summed E-state index contributed by atoms with van der Waals surface area (Å²) in [6.07, 6.45) is 5.05. The molecule has 2 aromatic carbocycles. The zero-order valence-corrected chi connectivity index (χ0v) is 18.0. The zero-order chi connectivity index (χ0) is 20.6. The van der Waals surface area contributed by atoms with Gasteiger partial charge in [0.05, 0.1) is 6.04 Å². The van der Waals surface area contributed by atoms with E-state index in [2.05, 4.69) is 47.5 Å². The monoisotopic (exact) mass is 394 g/mol. The van der Waals surface area contributed by atoms with E-state index in [-0.39, 0.29) is 18.6 Å². The van der Waals surface area contributed by atoms with Crippen molar-refractivity contribution in [3.63, 3.8) is 0 Å². The number of hydrogen-bond donors (Lipinski definition) is 1. The number of carbonyl (C=O) groups is 1. The summed E-state index contributed by atoms with van der Waals surface area (Å²) in [7, 11) is 0. The summed E-state index contributed by atoms with van der Waals surface area (Å²) in [5, 5.41) is 3.11. The molecule has 1 heterocycles. The van der Waals surface area contributed by atoms with Crippen molar-refractivity contribution in [2.75, 3.05) is 26.2 Å². The smallest absolute Gasteiger partial charge is 0.258 e. The van der Waals surface area contributed by atoms with Crippen LogP contribution in [0.2, 0.25) is 0 Å². The largest absolute Gasteiger partial charge is 0.484 e. The first-order chi connectivity index (χ1) is 14.0. The van der Waals surface area contributed by atoms with E-state index in [1.807, 2.05) is 26.0 Å². The first-order valence-electron chi connectivity index (χ1n) is 10.8. The third-order valence-corrected chi connectivity index (χ3v) is 5.60. The first kappa shape index (κ1) is 21.4. The summed E-state index contributed by atoms with van der Waals surface area (Å²) in [6, 6.07) is 14.9. The normalized spacial score (nSPS) is 16.1. The number of nitrogens with zero attached hydrogens (tertiary/aromatic N) is 1. The van der Waals surface area contributed by atoms with Crippen molar-refractivity contribution in [2.45, 2.75) is 52.5 Å². The Morgan fingerprint density at radius 3 is 2.17 bits per heavy atom. The van der Waals surface area contributed by atoms with Gasteiger partial charge in [-0.2, -0.15) is 0 Å². The number of nitrogens with one attached hydrogen (secondary N) is 1. The fourth-order valence-electron chi connectivity index (χ4n) is 4.08. The lowest BCUT2D eigenvalue weighted by Crippen LogP contribution is -2.40. The molecule has 4 heteroatoms. The minimum absolute atomic E-state index is 0.0451. The van der Waals surface area contributed by atoms with Gasteiger partial charge in [-0.15, -0.1) is 0 Å². The second-order valence-electron chi connectivity index (χ2n) is 8.29. The average molecular weight is 395 g/mol. The fourth-order valence-corrected chi connectivity index (χ4v) is 4.08. The Labute approximate surface area is 175 Å². The summed E-state index contributed by atoms with van der Waals surface area (Å²) < 4.78 is 5.72. The van der Waals surface area contributed by atoms with Crippen molar-refractivity contribution in [3.05, 3.63) is 64.7 Å². The van der Waals surface area contributed by atoms with Crippen molar-refractivity contribution in [1.82, 2.24) is 10.2 Å². The Kier molecular flexibility index (Phi) is 7.70. The van der Waals surface area contributed by atoms with Gasteiger partial charge in [-0.1, -0.05) is 48.7 Å². The van der Waals surface area contributed by atoms with Crippen molar-refractivity contribution in [3.8, 4) is 5.75 Å². The molecule has 1 N–H and O–H groups in total. The maximum absolute atomic E-state index is 12.5. The van der Waals surface area contributed by atoms with E-state index in [0.717, 1.165) is 30.0 Å². The second-order valence-corrected chi connectivity index (χ2v) is 8.29. The van der Waals surface area contributed by atoms with Gasteiger partial charge in [-0.25, -0.2) is 0 Å². The van der Waals surface area contributed by atoms with Gasteiger partial charge in [0, 0.05) is 6.54 Å². The maximum Gasteiger partial charge on any atom is 0.258 e. The minimum atomic E-state index is -0.0731. The van der Waals surface area contributed by atoms with Crippen LogP contribution in [0.4, 0.5) is 0 Å². The number of likely N-dealkylation sites (tertiary alicyclic amines) is 1.